The molecule has 0 bridgehead atoms. The number of aromatic nitrogens is 1. The van der Waals surface area contributed by atoms with Gasteiger partial charge in [-0.1, -0.05) is 23.5 Å². The lowest BCUT2D eigenvalue weighted by Crippen LogP contribution is -2.36. The minimum absolute atomic E-state index is 0.0752. The molecule has 0 saturated heterocycles. The van der Waals surface area contributed by atoms with Gasteiger partial charge in [0.2, 0.25) is 0 Å². The van der Waals surface area contributed by atoms with Crippen LogP contribution in [0.5, 0.6) is 0 Å². The van der Waals surface area contributed by atoms with E-state index in [0.29, 0.717) is 4.88 Å². The molecule has 0 saturated carbocycles. The molecule has 0 N–H and O–H groups in total. The number of nitrogens with zero attached hydrogens (tertiary/aromatic N) is 3. The fraction of sp³-hybridized carbons (Fsp3) is 0.286. The van der Waals surface area contributed by atoms with E-state index in [9.17, 15) is 4.79 Å². The summed E-state index contributed by atoms with van der Waals surface area (Å²) < 4.78 is 0. The first kappa shape index (κ1) is 12.2. The second-order valence-electron chi connectivity index (χ2n) is 4.63. The number of Topliss-reactive ketones (excluding diaryl/α,β-unsaturated/α-hetero) is 1. The van der Waals surface area contributed by atoms with E-state index in [0.717, 1.165) is 23.9 Å². The highest BCUT2D eigenvalue weighted by Gasteiger charge is 2.23. The number of likely N-dealkylation sites (N-methyl/N-ethyl adjacent to an activating group) is 1. The number of thiazole rings is 1. The van der Waals surface area contributed by atoms with Crippen molar-refractivity contribution in [2.75, 3.05) is 29.9 Å². The molecule has 0 atom stereocenters. The number of rotatable bonds is 2. The van der Waals surface area contributed by atoms with Crippen LogP contribution in [0.15, 0.2) is 30.5 Å². The van der Waals surface area contributed by atoms with Gasteiger partial charge in [0.1, 0.15) is 0 Å². The fourth-order valence-corrected chi connectivity index (χ4v) is 3.11. The molecule has 1 aromatic carbocycles. The smallest absolute Gasteiger partial charge is 0.190 e. The highest BCUT2D eigenvalue weighted by atomic mass is 32.1. The van der Waals surface area contributed by atoms with Crippen LogP contribution in [0.25, 0.3) is 0 Å². The molecule has 19 heavy (non-hydrogen) atoms. The van der Waals surface area contributed by atoms with Gasteiger partial charge in [-0.05, 0) is 12.1 Å². The molecule has 3 rings (SSSR count). The lowest BCUT2D eigenvalue weighted by molar-refractivity contribution is 0.102. The highest BCUT2D eigenvalue weighted by Crippen LogP contribution is 2.38. The quantitative estimate of drug-likeness (QED) is 0.788. The zero-order valence-corrected chi connectivity index (χ0v) is 11.8. The van der Waals surface area contributed by atoms with Crippen LogP contribution >= 0.6 is 11.3 Å². The molecule has 5 heteroatoms. The number of benzene rings is 1. The van der Waals surface area contributed by atoms with Crippen LogP contribution in [0.2, 0.25) is 0 Å². The first-order chi connectivity index (χ1) is 9.16. The van der Waals surface area contributed by atoms with Gasteiger partial charge in [0.15, 0.2) is 10.9 Å². The summed E-state index contributed by atoms with van der Waals surface area (Å²) in [6, 6.07) is 8.28. The van der Waals surface area contributed by atoms with Gasteiger partial charge < -0.3 is 9.80 Å². The molecular formula is C14H15N3OS. The van der Waals surface area contributed by atoms with E-state index < -0.39 is 0 Å². The van der Waals surface area contributed by atoms with Crippen molar-refractivity contribution >= 4 is 33.6 Å². The molecule has 0 amide bonds. The Balaban J connectivity index is 2.02. The molecule has 0 radical (unpaired) electrons. The minimum Gasteiger partial charge on any atom is -0.371 e. The van der Waals surface area contributed by atoms with E-state index in [1.165, 1.54) is 17.0 Å². The molecule has 0 fully saturated rings. The summed E-state index contributed by atoms with van der Waals surface area (Å²) >= 11 is 1.46. The van der Waals surface area contributed by atoms with Crippen LogP contribution in [-0.2, 0) is 0 Å². The SMILES string of the molecule is CC(=O)c1cnc(N2CCN(C)c3ccccc32)s1. The fourth-order valence-electron chi connectivity index (χ4n) is 2.26. The van der Waals surface area contributed by atoms with Gasteiger partial charge in [0, 0.05) is 27.1 Å². The van der Waals surface area contributed by atoms with Crippen LogP contribution in [0.3, 0.4) is 0 Å². The molecular weight excluding hydrogens is 258 g/mol. The van der Waals surface area contributed by atoms with Gasteiger partial charge >= 0.3 is 0 Å². The standard InChI is InChI=1S/C14H15N3OS/c1-10(18)13-9-15-14(19-13)17-8-7-16(2)11-5-3-4-6-12(11)17/h3-6,9H,7-8H2,1-2H3. The van der Waals surface area contributed by atoms with E-state index in [2.05, 4.69) is 34.0 Å². The number of hydrogen-bond acceptors (Lipinski definition) is 5. The predicted molar refractivity (Wildman–Crippen MR) is 78.8 cm³/mol. The lowest BCUT2D eigenvalue weighted by Gasteiger charge is -2.35. The second kappa shape index (κ2) is 4.66. The number of para-hydroxylation sites is 2. The summed E-state index contributed by atoms with van der Waals surface area (Å²) in [4.78, 5) is 20.9. The normalized spacial score (nSPS) is 14.4. The van der Waals surface area contributed by atoms with Crippen molar-refractivity contribution in [3.05, 3.63) is 35.3 Å². The van der Waals surface area contributed by atoms with Crippen molar-refractivity contribution in [3.63, 3.8) is 0 Å². The van der Waals surface area contributed by atoms with E-state index in [-0.39, 0.29) is 5.78 Å². The van der Waals surface area contributed by atoms with Crippen LogP contribution in [0.4, 0.5) is 16.5 Å². The van der Waals surface area contributed by atoms with Crippen molar-refractivity contribution in [2.24, 2.45) is 0 Å². The Morgan fingerprint density at radius 1 is 1.26 bits per heavy atom. The van der Waals surface area contributed by atoms with E-state index >= 15 is 0 Å². The Bertz CT molecular complexity index is 623. The Labute approximate surface area is 116 Å². The van der Waals surface area contributed by atoms with Gasteiger partial charge in [-0.3, -0.25) is 4.79 Å². The zero-order chi connectivity index (χ0) is 13.4. The van der Waals surface area contributed by atoms with Crippen molar-refractivity contribution in [1.29, 1.82) is 0 Å². The van der Waals surface area contributed by atoms with E-state index in [1.807, 2.05) is 12.1 Å². The maximum Gasteiger partial charge on any atom is 0.190 e. The Hall–Kier alpha value is -1.88. The van der Waals surface area contributed by atoms with Gasteiger partial charge in [0.05, 0.1) is 22.4 Å². The molecule has 2 heterocycles. The average Bonchev–Trinajstić information content (AvgIpc) is 2.89. The summed E-state index contributed by atoms with van der Waals surface area (Å²) in [5, 5.41) is 0.894. The summed E-state index contributed by atoms with van der Waals surface area (Å²) in [7, 11) is 2.10. The summed E-state index contributed by atoms with van der Waals surface area (Å²) in [6.07, 6.45) is 1.67. The lowest BCUT2D eigenvalue weighted by atomic mass is 10.2. The van der Waals surface area contributed by atoms with Gasteiger partial charge in [-0.15, -0.1) is 0 Å². The number of anilines is 3. The second-order valence-corrected chi connectivity index (χ2v) is 5.63. The Morgan fingerprint density at radius 3 is 2.68 bits per heavy atom. The van der Waals surface area contributed by atoms with Crippen LogP contribution in [0, 0.1) is 0 Å². The molecule has 1 aliphatic heterocycles. The van der Waals surface area contributed by atoms with Crippen LogP contribution < -0.4 is 9.80 Å². The molecule has 0 spiro atoms. The molecule has 0 aliphatic carbocycles. The maximum atomic E-state index is 11.4. The third-order valence-electron chi connectivity index (χ3n) is 3.31. The van der Waals surface area contributed by atoms with Crippen molar-refractivity contribution in [3.8, 4) is 0 Å². The zero-order valence-electron chi connectivity index (χ0n) is 11.0. The number of hydrogen-bond donors (Lipinski definition) is 0. The monoisotopic (exact) mass is 273 g/mol. The topological polar surface area (TPSA) is 36.4 Å². The van der Waals surface area contributed by atoms with Crippen LogP contribution in [0.1, 0.15) is 16.6 Å². The third-order valence-corrected chi connectivity index (χ3v) is 4.44. The number of ketones is 1. The van der Waals surface area contributed by atoms with Gasteiger partial charge in [-0.25, -0.2) is 4.98 Å². The van der Waals surface area contributed by atoms with E-state index in [4.69, 9.17) is 0 Å². The Morgan fingerprint density at radius 2 is 2.00 bits per heavy atom. The third kappa shape index (κ3) is 2.10. The molecule has 0 unspecified atom stereocenters. The number of carbonyl (C=O) groups excluding carboxylic acids is 1. The predicted octanol–water partition coefficient (Wildman–Crippen LogP) is 2.93. The molecule has 1 aromatic heterocycles. The molecule has 4 nitrogen and oxygen atoms in total. The molecule has 98 valence electrons. The molecule has 1 aliphatic rings. The average molecular weight is 273 g/mol. The van der Waals surface area contributed by atoms with E-state index in [1.54, 1.807) is 13.1 Å². The highest BCUT2D eigenvalue weighted by molar-refractivity contribution is 7.17. The summed E-state index contributed by atoms with van der Waals surface area (Å²) in [5.41, 5.74) is 2.36. The molecule has 2 aromatic rings. The maximum absolute atomic E-state index is 11.4. The number of fused-ring (bicyclic) bond motifs is 1. The van der Waals surface area contributed by atoms with Crippen molar-refractivity contribution in [1.82, 2.24) is 4.98 Å². The Kier molecular flexibility index (Phi) is 2.98. The minimum atomic E-state index is 0.0752. The largest absolute Gasteiger partial charge is 0.371 e. The number of carbonyl (C=O) groups is 1. The van der Waals surface area contributed by atoms with Gasteiger partial charge in [0.25, 0.3) is 0 Å². The van der Waals surface area contributed by atoms with Gasteiger partial charge in [-0.2, -0.15) is 0 Å². The first-order valence-corrected chi connectivity index (χ1v) is 7.03. The first-order valence-electron chi connectivity index (χ1n) is 6.21. The summed E-state index contributed by atoms with van der Waals surface area (Å²) in [5.74, 6) is 0.0752. The summed E-state index contributed by atoms with van der Waals surface area (Å²) in [6.45, 7) is 3.42. The van der Waals surface area contributed by atoms with Crippen LogP contribution in [-0.4, -0.2) is 30.9 Å². The van der Waals surface area contributed by atoms with Crippen molar-refractivity contribution in [2.45, 2.75) is 6.92 Å². The van der Waals surface area contributed by atoms with Crippen molar-refractivity contribution < 1.29 is 4.79 Å².